The molecular weight excluding hydrogens is 1730 g/mol. The van der Waals surface area contributed by atoms with Crippen LogP contribution in [0.1, 0.15) is 182 Å². The Hall–Kier alpha value is -11.9. The lowest BCUT2D eigenvalue weighted by molar-refractivity contribution is -0.138. The number of hydrogen-bond acceptors (Lipinski definition) is 23. The van der Waals surface area contributed by atoms with E-state index in [1.165, 1.54) is 48.5 Å². The van der Waals surface area contributed by atoms with Gasteiger partial charge in [-0.1, -0.05) is 115 Å². The Labute approximate surface area is 770 Å². The van der Waals surface area contributed by atoms with Gasteiger partial charge in [0.25, 0.3) is 0 Å². The minimum absolute atomic E-state index is 0.0855. The summed E-state index contributed by atoms with van der Waals surface area (Å²) in [5, 5.41) is 51.1. The number of aliphatic hydroxyl groups excluding tert-OH is 1. The van der Waals surface area contributed by atoms with Crippen LogP contribution in [0.15, 0.2) is 91.1 Å². The van der Waals surface area contributed by atoms with Crippen LogP contribution in [0.4, 0.5) is 0 Å². The van der Waals surface area contributed by atoms with Crippen molar-refractivity contribution in [3.05, 3.63) is 113 Å². The van der Waals surface area contributed by atoms with Crippen LogP contribution >= 0.6 is 21.6 Å². The van der Waals surface area contributed by atoms with Crippen LogP contribution < -0.4 is 108 Å². The minimum Gasteiger partial charge on any atom is -0.492 e. The number of fused-ring (bicyclic) bond motifs is 2. The Bertz CT molecular complexity index is 4860. The van der Waals surface area contributed by atoms with E-state index in [1.807, 2.05) is 31.2 Å². The largest absolute Gasteiger partial charge is 0.492 e. The molecule has 0 aliphatic carbocycles. The second kappa shape index (κ2) is 51.6. The third-order valence-electron chi connectivity index (χ3n) is 22.0. The molecule has 0 bridgehead atoms. The molecule has 4 aromatic carbocycles. The molecular formula is C90H132N20O19S2. The van der Waals surface area contributed by atoms with Crippen molar-refractivity contribution in [2.24, 2.45) is 34.6 Å². The summed E-state index contributed by atoms with van der Waals surface area (Å²) in [6.45, 7) is 18.5. The van der Waals surface area contributed by atoms with Crippen molar-refractivity contribution in [2.75, 3.05) is 32.8 Å². The van der Waals surface area contributed by atoms with Crippen LogP contribution in [-0.2, 0) is 107 Å². The standard InChI is InChI=1S/C90H132N20O19S2/c1-13-56-25-22-26-61-59(48-98-73(56)61)45-67-80(121)100-62(27-16-20-38-96-51(5)112)78(119)109-75(89(10,11)131-130-88(8,9)74(99-53(7)114)85(126)106-69(47-71(94)116)82(123)108-72(50(4)111)84(125)104-67)86(127)105-65(43-54-30-33-60(34-31-54)129-40-37-92)79(120)102-66(44-55-29-32-57-23-14-15-24-58(57)42-55)83(124)110-90(12,35-18-19-36-91)87(128)107-63(28-17-21-39-97-52(6)113)77(118)103-68(46-70(93)115)81(122)101-64(76(95)117)41-49(2)3/h14-15,22-26,29-34,42,48-50,62-69,72,74-75,98,111H,13,16-21,27-28,35-41,43-47,91-92H2,1-12H3,(H2,93,115)(H2,94,116)(H2,95,117)(H,96,112)(H,97,113)(H,99,114)(H,100,121)(H,101,122)(H,102,120)(H,103,118)(H,104,125)(H,105,127)(H,106,126)(H,107,128)(H,108,123)(H,109,119)(H,110,124)/t50-,62+,63+,64-,65+,66+,67+,68+,69+,72+,74-,75-,90?/m1/s1. The molecule has 0 radical (unpaired) electrons. The number of hydrogen-bond donors (Lipinski definition) is 21. The first-order valence-corrected chi connectivity index (χ1v) is 46.1. The van der Waals surface area contributed by atoms with Crippen LogP contribution in [0.5, 0.6) is 5.75 Å². The van der Waals surface area contributed by atoms with Crippen molar-refractivity contribution in [1.29, 1.82) is 0 Å². The quantitative estimate of drug-likeness (QED) is 0.0178. The van der Waals surface area contributed by atoms with Gasteiger partial charge in [-0.05, 0) is 170 Å². The summed E-state index contributed by atoms with van der Waals surface area (Å²) in [4.78, 5) is 247. The number of nitrogens with one attached hydrogen (secondary N) is 15. The van der Waals surface area contributed by atoms with E-state index >= 15 is 28.8 Å². The summed E-state index contributed by atoms with van der Waals surface area (Å²) < 4.78 is 2.58. The zero-order valence-corrected chi connectivity index (χ0v) is 78.1. The van der Waals surface area contributed by atoms with Crippen LogP contribution in [-0.4, -0.2) is 231 Å². The van der Waals surface area contributed by atoms with Gasteiger partial charge in [-0.25, -0.2) is 0 Å². The first-order chi connectivity index (χ1) is 61.8. The number of aromatic amines is 1. The molecule has 1 fully saturated rings. The topological polar surface area (TPSA) is 634 Å². The summed E-state index contributed by atoms with van der Waals surface area (Å²) in [7, 11) is 1.82. The number of rotatable bonds is 45. The fourth-order valence-electron chi connectivity index (χ4n) is 14.8. The number of aryl methyl sites for hydroxylation is 1. The molecule has 6 rings (SSSR count). The third-order valence-corrected chi connectivity index (χ3v) is 26.2. The molecule has 5 aromatic rings. The Kier molecular flexibility index (Phi) is 42.5. The summed E-state index contributed by atoms with van der Waals surface area (Å²) in [5.74, 6) is -15.8. The lowest BCUT2D eigenvalue weighted by atomic mass is 9.91. The average molecular weight is 1860 g/mol. The van der Waals surface area contributed by atoms with E-state index in [1.54, 1.807) is 80.7 Å². The lowest BCUT2D eigenvalue weighted by Crippen LogP contribution is -2.65. The highest BCUT2D eigenvalue weighted by molar-refractivity contribution is 8.77. The summed E-state index contributed by atoms with van der Waals surface area (Å²) >= 11 is 0. The number of aliphatic hydroxyl groups is 1. The van der Waals surface area contributed by atoms with E-state index in [4.69, 9.17) is 33.4 Å². The monoisotopic (exact) mass is 1860 g/mol. The number of unbranched alkanes of at least 4 members (excludes halogenated alkanes) is 3. The highest BCUT2D eigenvalue weighted by atomic mass is 33.1. The molecule has 1 saturated heterocycles. The van der Waals surface area contributed by atoms with E-state index in [0.29, 0.717) is 46.2 Å². The number of ether oxygens (including phenoxy) is 1. The summed E-state index contributed by atoms with van der Waals surface area (Å²) in [6, 6.07) is 5.91. The highest BCUT2D eigenvalue weighted by Gasteiger charge is 2.47. The van der Waals surface area contributed by atoms with Gasteiger partial charge in [-0.3, -0.25) is 81.5 Å². The number of aromatic nitrogens is 1. The number of carbonyl (C=O) groups is 17. The highest BCUT2D eigenvalue weighted by Crippen LogP contribution is 2.47. The molecule has 39 nitrogen and oxygen atoms in total. The lowest BCUT2D eigenvalue weighted by Gasteiger charge is -2.39. The van der Waals surface area contributed by atoms with Gasteiger partial charge in [0.05, 0.1) is 18.9 Å². The number of amides is 17. The first-order valence-electron chi connectivity index (χ1n) is 44.0. The predicted octanol–water partition coefficient (Wildman–Crippen LogP) is -0.166. The van der Waals surface area contributed by atoms with E-state index < -0.39 is 189 Å². The number of carbonyl (C=O) groups excluding carboxylic acids is 17. The van der Waals surface area contributed by atoms with E-state index in [9.17, 15) is 57.8 Å². The minimum atomic E-state index is -2.02. The fourth-order valence-corrected chi connectivity index (χ4v) is 17.6. The fraction of sp³-hybridized carbons (Fsp3) is 0.544. The Morgan fingerprint density at radius 1 is 0.557 bits per heavy atom. The third kappa shape index (κ3) is 34.4. The number of H-pyrrole nitrogens is 1. The van der Waals surface area contributed by atoms with Gasteiger partial charge < -0.3 is 118 Å². The van der Waals surface area contributed by atoms with Gasteiger partial charge in [-0.2, -0.15) is 0 Å². The average Bonchev–Trinajstić information content (AvgIpc) is 1.76. The molecule has 2 heterocycles. The van der Waals surface area contributed by atoms with Gasteiger partial charge in [0.1, 0.15) is 84.4 Å². The van der Waals surface area contributed by atoms with Crippen LogP contribution in [0, 0.1) is 5.92 Å². The van der Waals surface area contributed by atoms with Crippen molar-refractivity contribution >= 4 is 144 Å². The maximum absolute atomic E-state index is 16.4. The molecule has 1 aliphatic rings. The maximum Gasteiger partial charge on any atom is 0.246 e. The summed E-state index contributed by atoms with van der Waals surface area (Å²) in [5.41, 5.74) is 29.7. The van der Waals surface area contributed by atoms with E-state index in [-0.39, 0.29) is 128 Å². The van der Waals surface area contributed by atoms with Gasteiger partial charge in [0.2, 0.25) is 100 Å². The van der Waals surface area contributed by atoms with Crippen LogP contribution in [0.25, 0.3) is 21.7 Å². The van der Waals surface area contributed by atoms with Crippen LogP contribution in [0.3, 0.4) is 0 Å². The zero-order valence-electron chi connectivity index (χ0n) is 76.5. The Balaban J connectivity index is 1.55. The summed E-state index contributed by atoms with van der Waals surface area (Å²) in [6.07, 6.45) is -1.43. The smallest absolute Gasteiger partial charge is 0.246 e. The number of nitrogens with two attached hydrogens (primary N) is 5. The van der Waals surface area contributed by atoms with E-state index in [0.717, 1.165) is 51.8 Å². The molecule has 1 aliphatic heterocycles. The zero-order chi connectivity index (χ0) is 97.2. The first kappa shape index (κ1) is 108. The molecule has 13 atom stereocenters. The maximum atomic E-state index is 16.4. The van der Waals surface area contributed by atoms with Crippen molar-refractivity contribution in [1.82, 2.24) is 79.4 Å². The number of primary amides is 3. The predicted molar refractivity (Wildman–Crippen MR) is 496 cm³/mol. The molecule has 41 heteroatoms. The second-order valence-corrected chi connectivity index (χ2v) is 38.0. The van der Waals surface area contributed by atoms with Gasteiger partial charge in [0.15, 0.2) is 0 Å². The van der Waals surface area contributed by atoms with E-state index in [2.05, 4.69) is 79.4 Å². The van der Waals surface area contributed by atoms with Gasteiger partial charge >= 0.3 is 0 Å². The van der Waals surface area contributed by atoms with Crippen molar-refractivity contribution < 1.29 is 91.4 Å². The number of para-hydroxylation sites is 1. The molecule has 26 N–H and O–H groups in total. The molecule has 0 spiro atoms. The normalized spacial score (nSPS) is 19.2. The van der Waals surface area contributed by atoms with Crippen molar-refractivity contribution in [2.45, 2.75) is 273 Å². The Morgan fingerprint density at radius 3 is 1.75 bits per heavy atom. The molecule has 1 unspecified atom stereocenters. The SMILES string of the molecule is CCc1cccc2c(C[C@@H]3NC(=O)[C@H]([C@@H](C)O)NC(=O)[C@H](CC(N)=O)NC(=O)[C@@H](NC(C)=O)C(C)(C)SSC(C)(C)[C@@H](C(=O)N[C@@H](Cc4ccc(OCCN)cc4)C(=O)N[C@@H](Cc4ccc5ccccc5c4)C(=O)NC(C)(CCCCN)C(=O)N[C@@H](CCCCNC(C)=O)C(=O)N[C@@H](CC(N)=O)C(=O)N[C@H](CC(C)C)C(N)=O)NC(=O)[C@H](CCCCNC(C)=O)NC3=O)c[nH]c12. The molecule has 718 valence electrons. The Morgan fingerprint density at radius 2 is 1.14 bits per heavy atom. The van der Waals surface area contributed by atoms with Gasteiger partial charge in [0, 0.05) is 86.3 Å². The molecule has 131 heavy (non-hydrogen) atoms. The molecule has 17 amide bonds. The van der Waals surface area contributed by atoms with Crippen molar-refractivity contribution in [3.63, 3.8) is 0 Å². The second-order valence-electron chi connectivity index (χ2n) is 34.6. The van der Waals surface area contributed by atoms with Crippen LogP contribution in [0.2, 0.25) is 0 Å². The molecule has 0 saturated carbocycles. The number of benzene rings is 4. The van der Waals surface area contributed by atoms with Gasteiger partial charge in [-0.15, -0.1) is 0 Å². The molecule has 1 aromatic heterocycles. The van der Waals surface area contributed by atoms with Crippen molar-refractivity contribution in [3.8, 4) is 5.75 Å².